The van der Waals surface area contributed by atoms with Crippen LogP contribution in [0.1, 0.15) is 12.1 Å². The second-order valence-electron chi connectivity index (χ2n) is 4.53. The highest BCUT2D eigenvalue weighted by molar-refractivity contribution is 5.83. The molecule has 0 saturated carbocycles. The molecule has 6 heteroatoms. The average Bonchev–Trinajstić information content (AvgIpc) is 2.72. The van der Waals surface area contributed by atoms with Gasteiger partial charge in [0.15, 0.2) is 5.60 Å². The number of aromatic nitrogens is 1. The number of aliphatic hydroxyl groups is 1. The fourth-order valence-corrected chi connectivity index (χ4v) is 2.10. The largest absolute Gasteiger partial charge is 0.481 e. The van der Waals surface area contributed by atoms with Gasteiger partial charge >= 0.3 is 0 Å². The lowest BCUT2D eigenvalue weighted by molar-refractivity contribution is -0.135. The molecular weight excluding hydrogens is 234 g/mol. The van der Waals surface area contributed by atoms with E-state index in [-0.39, 0.29) is 6.54 Å². The Labute approximate surface area is 105 Å². The number of rotatable bonds is 4. The van der Waals surface area contributed by atoms with Crippen LogP contribution in [0, 0.1) is 0 Å². The van der Waals surface area contributed by atoms with E-state index in [2.05, 4.69) is 4.98 Å². The van der Waals surface area contributed by atoms with Crippen molar-refractivity contribution in [2.75, 3.05) is 20.2 Å². The normalized spacial score (nSPS) is 24.1. The lowest BCUT2D eigenvalue weighted by Crippen LogP contribution is -2.45. The number of ether oxygens (including phenoxy) is 1. The predicted molar refractivity (Wildman–Crippen MR) is 64.8 cm³/mol. The van der Waals surface area contributed by atoms with E-state index >= 15 is 0 Å². The molecule has 2 rings (SSSR count). The Morgan fingerprint density at radius 2 is 2.44 bits per heavy atom. The summed E-state index contributed by atoms with van der Waals surface area (Å²) in [5, 5.41) is 9.96. The zero-order chi connectivity index (χ0) is 13.2. The van der Waals surface area contributed by atoms with Crippen molar-refractivity contribution in [1.29, 1.82) is 0 Å². The summed E-state index contributed by atoms with van der Waals surface area (Å²) >= 11 is 0. The third-order valence-electron chi connectivity index (χ3n) is 3.16. The number of hydrogen-bond acceptors (Lipinski definition) is 5. The van der Waals surface area contributed by atoms with Crippen LogP contribution in [0.25, 0.3) is 0 Å². The van der Waals surface area contributed by atoms with Gasteiger partial charge in [0.2, 0.25) is 5.88 Å². The second-order valence-corrected chi connectivity index (χ2v) is 4.53. The zero-order valence-corrected chi connectivity index (χ0v) is 10.3. The van der Waals surface area contributed by atoms with Crippen LogP contribution in [0.3, 0.4) is 0 Å². The molecule has 1 amide bonds. The fourth-order valence-electron chi connectivity index (χ4n) is 2.10. The first-order chi connectivity index (χ1) is 8.53. The molecule has 18 heavy (non-hydrogen) atoms. The molecule has 0 aromatic carbocycles. The van der Waals surface area contributed by atoms with Gasteiger partial charge in [0, 0.05) is 25.7 Å². The number of hydrogen-bond donors (Lipinski definition) is 2. The van der Waals surface area contributed by atoms with Gasteiger partial charge in [0.25, 0.3) is 5.91 Å². The molecular formula is C12H17N3O3. The molecule has 1 aromatic rings. The van der Waals surface area contributed by atoms with Gasteiger partial charge in [-0.05, 0) is 12.5 Å². The highest BCUT2D eigenvalue weighted by Crippen LogP contribution is 2.22. The Kier molecular flexibility index (Phi) is 3.49. The van der Waals surface area contributed by atoms with Crippen LogP contribution in [0.4, 0.5) is 0 Å². The van der Waals surface area contributed by atoms with Gasteiger partial charge in [-0.15, -0.1) is 0 Å². The average molecular weight is 251 g/mol. The molecule has 1 unspecified atom stereocenters. The number of nitrogens with zero attached hydrogens (tertiary/aromatic N) is 2. The Morgan fingerprint density at radius 1 is 1.67 bits per heavy atom. The van der Waals surface area contributed by atoms with Crippen LogP contribution in [0.2, 0.25) is 0 Å². The van der Waals surface area contributed by atoms with Crippen molar-refractivity contribution in [3.8, 4) is 5.88 Å². The molecule has 1 aromatic heterocycles. The number of pyridine rings is 1. The van der Waals surface area contributed by atoms with Crippen molar-refractivity contribution in [3.05, 3.63) is 23.9 Å². The SMILES string of the molecule is COc1cccc(CN2CCC(O)(C(N)=O)C2)n1. The minimum Gasteiger partial charge on any atom is -0.481 e. The minimum atomic E-state index is -1.40. The minimum absolute atomic E-state index is 0.251. The molecule has 1 fully saturated rings. The van der Waals surface area contributed by atoms with E-state index in [0.29, 0.717) is 25.4 Å². The van der Waals surface area contributed by atoms with Gasteiger partial charge in [-0.25, -0.2) is 4.98 Å². The molecule has 2 heterocycles. The summed E-state index contributed by atoms with van der Waals surface area (Å²) in [7, 11) is 1.56. The lowest BCUT2D eigenvalue weighted by atomic mass is 10.0. The van der Waals surface area contributed by atoms with Crippen LogP contribution in [-0.2, 0) is 11.3 Å². The summed E-state index contributed by atoms with van der Waals surface area (Å²) in [5.74, 6) is -0.111. The monoisotopic (exact) mass is 251 g/mol. The van der Waals surface area contributed by atoms with Crippen molar-refractivity contribution in [3.63, 3.8) is 0 Å². The summed E-state index contributed by atoms with van der Waals surface area (Å²) in [6.45, 7) is 1.44. The van der Waals surface area contributed by atoms with Crippen LogP contribution >= 0.6 is 0 Å². The fraction of sp³-hybridized carbons (Fsp3) is 0.500. The quantitative estimate of drug-likeness (QED) is 0.754. The summed E-state index contributed by atoms with van der Waals surface area (Å²) < 4.78 is 5.05. The van der Waals surface area contributed by atoms with E-state index in [1.54, 1.807) is 13.2 Å². The number of β-amino-alcohol motifs (C(OH)–C–C–N with tert-alkyl or cyclic N) is 1. The molecule has 0 spiro atoms. The van der Waals surface area contributed by atoms with E-state index in [1.807, 2.05) is 17.0 Å². The van der Waals surface area contributed by atoms with Crippen LogP contribution < -0.4 is 10.5 Å². The lowest BCUT2D eigenvalue weighted by Gasteiger charge is -2.19. The third-order valence-corrected chi connectivity index (χ3v) is 3.16. The van der Waals surface area contributed by atoms with E-state index in [1.165, 1.54) is 0 Å². The van der Waals surface area contributed by atoms with E-state index in [4.69, 9.17) is 10.5 Å². The predicted octanol–water partition coefficient (Wildman–Crippen LogP) is -0.488. The van der Waals surface area contributed by atoms with Crippen LogP contribution in [-0.4, -0.2) is 46.7 Å². The molecule has 0 bridgehead atoms. The van der Waals surface area contributed by atoms with Gasteiger partial charge < -0.3 is 15.6 Å². The van der Waals surface area contributed by atoms with Crippen molar-refractivity contribution in [2.24, 2.45) is 5.73 Å². The van der Waals surface area contributed by atoms with Crippen molar-refractivity contribution in [2.45, 2.75) is 18.6 Å². The van der Waals surface area contributed by atoms with E-state index in [0.717, 1.165) is 5.69 Å². The maximum absolute atomic E-state index is 11.1. The number of carbonyl (C=O) groups is 1. The number of primary amides is 1. The molecule has 1 atom stereocenters. The number of nitrogens with two attached hydrogens (primary N) is 1. The Balaban J connectivity index is 2.01. The molecule has 1 aliphatic heterocycles. The first-order valence-corrected chi connectivity index (χ1v) is 5.78. The number of amides is 1. The molecule has 1 saturated heterocycles. The number of carbonyl (C=O) groups excluding carboxylic acids is 1. The van der Waals surface area contributed by atoms with Crippen molar-refractivity contribution in [1.82, 2.24) is 9.88 Å². The van der Waals surface area contributed by atoms with Crippen LogP contribution in [0.5, 0.6) is 5.88 Å². The smallest absolute Gasteiger partial charge is 0.250 e. The Hall–Kier alpha value is -1.66. The van der Waals surface area contributed by atoms with Crippen molar-refractivity contribution >= 4 is 5.91 Å². The molecule has 1 aliphatic rings. The van der Waals surface area contributed by atoms with Crippen LogP contribution in [0.15, 0.2) is 18.2 Å². The standard InChI is InChI=1S/C12H17N3O3/c1-18-10-4-2-3-9(14-10)7-15-6-5-12(17,8-15)11(13)16/h2-4,17H,5-8H2,1H3,(H2,13,16). The van der Waals surface area contributed by atoms with E-state index < -0.39 is 11.5 Å². The van der Waals surface area contributed by atoms with E-state index in [9.17, 15) is 9.90 Å². The maximum atomic E-state index is 11.1. The number of likely N-dealkylation sites (tertiary alicyclic amines) is 1. The summed E-state index contributed by atoms with van der Waals surface area (Å²) in [4.78, 5) is 17.4. The Morgan fingerprint density at radius 3 is 3.06 bits per heavy atom. The molecule has 6 nitrogen and oxygen atoms in total. The van der Waals surface area contributed by atoms with Gasteiger partial charge in [-0.1, -0.05) is 6.07 Å². The zero-order valence-electron chi connectivity index (χ0n) is 10.3. The van der Waals surface area contributed by atoms with Gasteiger partial charge in [-0.2, -0.15) is 0 Å². The topological polar surface area (TPSA) is 88.7 Å². The number of methoxy groups -OCH3 is 1. The highest BCUT2D eigenvalue weighted by Gasteiger charge is 2.41. The first-order valence-electron chi connectivity index (χ1n) is 5.78. The third kappa shape index (κ3) is 2.60. The maximum Gasteiger partial charge on any atom is 0.250 e. The Bertz CT molecular complexity index is 452. The summed E-state index contributed by atoms with van der Waals surface area (Å²) in [6.07, 6.45) is 0.367. The van der Waals surface area contributed by atoms with Gasteiger partial charge in [-0.3, -0.25) is 9.69 Å². The van der Waals surface area contributed by atoms with Crippen molar-refractivity contribution < 1.29 is 14.6 Å². The highest BCUT2D eigenvalue weighted by atomic mass is 16.5. The summed E-state index contributed by atoms with van der Waals surface area (Å²) in [5.41, 5.74) is 4.61. The molecule has 98 valence electrons. The molecule has 0 aliphatic carbocycles. The second kappa shape index (κ2) is 4.91. The molecule has 0 radical (unpaired) electrons. The summed E-state index contributed by atoms with van der Waals surface area (Å²) in [6, 6.07) is 5.51. The molecule has 3 N–H and O–H groups in total. The van der Waals surface area contributed by atoms with Gasteiger partial charge in [0.1, 0.15) is 0 Å². The first kappa shape index (κ1) is 12.8. The van der Waals surface area contributed by atoms with Gasteiger partial charge in [0.05, 0.1) is 12.8 Å².